The maximum absolute atomic E-state index is 6.01. The Morgan fingerprint density at radius 1 is 1.05 bits per heavy atom. The lowest BCUT2D eigenvalue weighted by molar-refractivity contribution is 0.414. The zero-order valence-corrected chi connectivity index (χ0v) is 11.2. The highest BCUT2D eigenvalue weighted by Gasteiger charge is 2.07. The SMILES string of the molecule is COc1ccc(N)c(-n2cc(-c3ccccc3)cn2)c1. The van der Waals surface area contributed by atoms with Crippen molar-refractivity contribution in [2.45, 2.75) is 0 Å². The molecule has 0 bridgehead atoms. The molecular weight excluding hydrogens is 250 g/mol. The molecule has 0 fully saturated rings. The fourth-order valence-electron chi connectivity index (χ4n) is 2.08. The maximum atomic E-state index is 6.01. The van der Waals surface area contributed by atoms with Gasteiger partial charge in [0.2, 0.25) is 0 Å². The number of hydrogen-bond acceptors (Lipinski definition) is 3. The number of anilines is 1. The summed E-state index contributed by atoms with van der Waals surface area (Å²) in [5.74, 6) is 0.756. The zero-order chi connectivity index (χ0) is 13.9. The second-order valence-electron chi connectivity index (χ2n) is 4.46. The third kappa shape index (κ3) is 2.23. The van der Waals surface area contributed by atoms with Crippen LogP contribution < -0.4 is 10.5 Å². The summed E-state index contributed by atoms with van der Waals surface area (Å²) in [4.78, 5) is 0. The van der Waals surface area contributed by atoms with Crippen molar-refractivity contribution in [1.29, 1.82) is 0 Å². The molecular formula is C16H15N3O. The molecule has 2 N–H and O–H groups in total. The Morgan fingerprint density at radius 2 is 1.85 bits per heavy atom. The molecule has 0 radical (unpaired) electrons. The normalized spacial score (nSPS) is 10.4. The van der Waals surface area contributed by atoms with E-state index in [4.69, 9.17) is 10.5 Å². The van der Waals surface area contributed by atoms with Crippen molar-refractivity contribution in [1.82, 2.24) is 9.78 Å². The van der Waals surface area contributed by atoms with E-state index in [0.717, 1.165) is 22.6 Å². The number of nitrogen functional groups attached to an aromatic ring is 1. The summed E-state index contributed by atoms with van der Waals surface area (Å²) in [6.45, 7) is 0. The van der Waals surface area contributed by atoms with Gasteiger partial charge < -0.3 is 10.5 Å². The van der Waals surface area contributed by atoms with E-state index < -0.39 is 0 Å². The summed E-state index contributed by atoms with van der Waals surface area (Å²) in [6.07, 6.45) is 3.79. The number of ether oxygens (including phenoxy) is 1. The summed E-state index contributed by atoms with van der Waals surface area (Å²) in [6, 6.07) is 15.6. The van der Waals surface area contributed by atoms with Crippen LogP contribution >= 0.6 is 0 Å². The number of nitrogens with two attached hydrogens (primary N) is 1. The Hall–Kier alpha value is -2.75. The van der Waals surface area contributed by atoms with Crippen molar-refractivity contribution in [3.05, 3.63) is 60.9 Å². The number of benzene rings is 2. The minimum absolute atomic E-state index is 0.661. The predicted octanol–water partition coefficient (Wildman–Crippen LogP) is 3.13. The van der Waals surface area contributed by atoms with Crippen molar-refractivity contribution in [2.75, 3.05) is 12.8 Å². The first-order valence-electron chi connectivity index (χ1n) is 6.32. The van der Waals surface area contributed by atoms with Gasteiger partial charge >= 0.3 is 0 Å². The molecule has 0 aliphatic heterocycles. The van der Waals surface area contributed by atoms with E-state index in [1.165, 1.54) is 0 Å². The fraction of sp³-hybridized carbons (Fsp3) is 0.0625. The second kappa shape index (κ2) is 5.09. The van der Waals surface area contributed by atoms with Crippen LogP contribution in [0.2, 0.25) is 0 Å². The van der Waals surface area contributed by atoms with Gasteiger partial charge in [-0.3, -0.25) is 0 Å². The van der Waals surface area contributed by atoms with E-state index in [0.29, 0.717) is 5.69 Å². The summed E-state index contributed by atoms with van der Waals surface area (Å²) in [5, 5.41) is 4.38. The number of aromatic nitrogens is 2. The van der Waals surface area contributed by atoms with E-state index in [2.05, 4.69) is 17.2 Å². The van der Waals surface area contributed by atoms with E-state index >= 15 is 0 Å². The quantitative estimate of drug-likeness (QED) is 0.740. The minimum atomic E-state index is 0.661. The van der Waals surface area contributed by atoms with Crippen molar-refractivity contribution < 1.29 is 4.74 Å². The van der Waals surface area contributed by atoms with Crippen molar-refractivity contribution >= 4 is 5.69 Å². The molecule has 4 nitrogen and oxygen atoms in total. The molecule has 100 valence electrons. The van der Waals surface area contributed by atoms with Crippen molar-refractivity contribution in [2.24, 2.45) is 0 Å². The van der Waals surface area contributed by atoms with E-state index in [1.807, 2.05) is 48.8 Å². The lowest BCUT2D eigenvalue weighted by Crippen LogP contribution is -2.00. The summed E-state index contributed by atoms with van der Waals surface area (Å²) < 4.78 is 6.99. The third-order valence-electron chi connectivity index (χ3n) is 3.17. The second-order valence-corrected chi connectivity index (χ2v) is 4.46. The van der Waals surface area contributed by atoms with Crippen LogP contribution in [-0.4, -0.2) is 16.9 Å². The highest BCUT2D eigenvalue weighted by Crippen LogP contribution is 2.25. The summed E-state index contributed by atoms with van der Waals surface area (Å²) in [5.41, 5.74) is 9.65. The minimum Gasteiger partial charge on any atom is -0.497 e. The molecule has 4 heteroatoms. The Morgan fingerprint density at radius 3 is 2.60 bits per heavy atom. The predicted molar refractivity (Wildman–Crippen MR) is 80.0 cm³/mol. The van der Waals surface area contributed by atoms with Gasteiger partial charge in [0.05, 0.1) is 24.7 Å². The Balaban J connectivity index is 2.02. The molecule has 0 saturated carbocycles. The van der Waals surface area contributed by atoms with Gasteiger partial charge in [-0.1, -0.05) is 30.3 Å². The summed E-state index contributed by atoms with van der Waals surface area (Å²) in [7, 11) is 1.63. The van der Waals surface area contributed by atoms with Gasteiger partial charge in [0, 0.05) is 17.8 Å². The maximum Gasteiger partial charge on any atom is 0.121 e. The van der Waals surface area contributed by atoms with Gasteiger partial charge in [0.25, 0.3) is 0 Å². The van der Waals surface area contributed by atoms with Crippen LogP contribution in [0.3, 0.4) is 0 Å². The van der Waals surface area contributed by atoms with Crippen LogP contribution in [0.15, 0.2) is 60.9 Å². The van der Waals surface area contributed by atoms with Crippen LogP contribution in [0.1, 0.15) is 0 Å². The first-order chi connectivity index (χ1) is 9.78. The standard InChI is InChI=1S/C16H15N3O/c1-20-14-7-8-15(17)16(9-14)19-11-13(10-18-19)12-5-3-2-4-6-12/h2-11H,17H2,1H3. The number of methoxy groups -OCH3 is 1. The Labute approximate surface area is 117 Å². The monoisotopic (exact) mass is 265 g/mol. The fourth-order valence-corrected chi connectivity index (χ4v) is 2.08. The van der Waals surface area contributed by atoms with Gasteiger partial charge in [-0.2, -0.15) is 5.10 Å². The molecule has 1 aromatic heterocycles. The van der Waals surface area contributed by atoms with Crippen LogP contribution in [0.4, 0.5) is 5.69 Å². The highest BCUT2D eigenvalue weighted by atomic mass is 16.5. The molecule has 0 saturated heterocycles. The molecule has 0 aliphatic rings. The largest absolute Gasteiger partial charge is 0.497 e. The highest BCUT2D eigenvalue weighted by molar-refractivity contribution is 5.65. The smallest absolute Gasteiger partial charge is 0.121 e. The number of rotatable bonds is 3. The molecule has 0 aliphatic carbocycles. The van der Waals surface area contributed by atoms with Crippen LogP contribution in [-0.2, 0) is 0 Å². The van der Waals surface area contributed by atoms with E-state index in [9.17, 15) is 0 Å². The Bertz CT molecular complexity index is 720. The average Bonchev–Trinajstić information content (AvgIpc) is 2.98. The van der Waals surface area contributed by atoms with Gasteiger partial charge in [-0.05, 0) is 17.7 Å². The third-order valence-corrected chi connectivity index (χ3v) is 3.17. The first kappa shape index (κ1) is 12.3. The topological polar surface area (TPSA) is 53.1 Å². The molecule has 1 heterocycles. The molecule has 0 spiro atoms. The van der Waals surface area contributed by atoms with Gasteiger partial charge in [0.1, 0.15) is 5.75 Å². The van der Waals surface area contributed by atoms with Crippen LogP contribution in [0.5, 0.6) is 5.75 Å². The molecule has 0 amide bonds. The lowest BCUT2D eigenvalue weighted by Gasteiger charge is -2.07. The molecule has 3 aromatic rings. The molecule has 0 atom stereocenters. The van der Waals surface area contributed by atoms with Gasteiger partial charge in [0.15, 0.2) is 0 Å². The van der Waals surface area contributed by atoms with Gasteiger partial charge in [-0.25, -0.2) is 4.68 Å². The zero-order valence-electron chi connectivity index (χ0n) is 11.2. The average molecular weight is 265 g/mol. The number of hydrogen-bond donors (Lipinski definition) is 1. The number of nitrogens with zero attached hydrogens (tertiary/aromatic N) is 2. The van der Waals surface area contributed by atoms with Crippen molar-refractivity contribution in [3.8, 4) is 22.6 Å². The Kier molecular flexibility index (Phi) is 3.13. The molecule has 3 rings (SSSR count). The van der Waals surface area contributed by atoms with Crippen LogP contribution in [0, 0.1) is 0 Å². The molecule has 20 heavy (non-hydrogen) atoms. The van der Waals surface area contributed by atoms with Gasteiger partial charge in [-0.15, -0.1) is 0 Å². The van der Waals surface area contributed by atoms with Crippen molar-refractivity contribution in [3.63, 3.8) is 0 Å². The van der Waals surface area contributed by atoms with E-state index in [-0.39, 0.29) is 0 Å². The van der Waals surface area contributed by atoms with E-state index in [1.54, 1.807) is 11.8 Å². The lowest BCUT2D eigenvalue weighted by atomic mass is 10.1. The molecule has 0 unspecified atom stereocenters. The molecule has 2 aromatic carbocycles. The summed E-state index contributed by atoms with van der Waals surface area (Å²) >= 11 is 0. The van der Waals surface area contributed by atoms with Crippen LogP contribution in [0.25, 0.3) is 16.8 Å². The first-order valence-corrected chi connectivity index (χ1v) is 6.32.